The molecule has 9 heteroatoms. The Balaban J connectivity index is 2.56. The first-order chi connectivity index (χ1) is 9.28. The highest BCUT2D eigenvalue weighted by atomic mass is 32.1. The number of alkyl halides is 2. The smallest absolute Gasteiger partial charge is 0.264 e. The molecular weight excluding hydrogens is 292 g/mol. The minimum Gasteiger partial charge on any atom is -0.390 e. The number of rotatable bonds is 2. The quantitative estimate of drug-likeness (QED) is 0.529. The third-order valence-corrected chi connectivity index (χ3v) is 3.32. The Kier molecular flexibility index (Phi) is 3.51. The van der Waals surface area contributed by atoms with Crippen LogP contribution < -0.4 is 5.73 Å². The Bertz CT molecular complexity index is 634. The fraction of sp³-hybridized carbons (Fsp3) is 0.455. The van der Waals surface area contributed by atoms with Crippen LogP contribution in [0.1, 0.15) is 6.23 Å². The van der Waals surface area contributed by atoms with Gasteiger partial charge in [0.1, 0.15) is 12.4 Å². The molecule has 1 aliphatic rings. The lowest BCUT2D eigenvalue weighted by Crippen LogP contribution is -2.47. The molecule has 0 aromatic carbocycles. The van der Waals surface area contributed by atoms with Gasteiger partial charge in [-0.1, -0.05) is 5.92 Å². The van der Waals surface area contributed by atoms with Crippen molar-refractivity contribution in [2.75, 3.05) is 12.3 Å². The zero-order valence-corrected chi connectivity index (χ0v) is 10.8. The van der Waals surface area contributed by atoms with Crippen LogP contribution in [0.25, 0.3) is 0 Å². The number of ether oxygens (including phenoxy) is 1. The molecule has 108 valence electrons. The summed E-state index contributed by atoms with van der Waals surface area (Å²) >= 11 is 4.87. The number of anilines is 1. The normalized spacial score (nSPS) is 36.8. The molecule has 0 amide bonds. The first-order valence-corrected chi connectivity index (χ1v) is 5.86. The molecule has 1 unspecified atom stereocenters. The van der Waals surface area contributed by atoms with Gasteiger partial charge < -0.3 is 20.7 Å². The van der Waals surface area contributed by atoms with Crippen molar-refractivity contribution in [1.29, 1.82) is 0 Å². The molecule has 4 atom stereocenters. The lowest BCUT2D eigenvalue weighted by molar-refractivity contribution is -0.207. The molecule has 2 rings (SSSR count). The predicted octanol–water partition coefficient (Wildman–Crippen LogP) is 0.0841. The van der Waals surface area contributed by atoms with E-state index in [1.165, 1.54) is 12.3 Å². The molecular formula is C11H11F2N3O3S. The van der Waals surface area contributed by atoms with E-state index in [0.717, 1.165) is 4.57 Å². The van der Waals surface area contributed by atoms with Gasteiger partial charge in [0.15, 0.2) is 12.3 Å². The first kappa shape index (κ1) is 14.8. The lowest BCUT2D eigenvalue weighted by atomic mass is 9.96. The summed E-state index contributed by atoms with van der Waals surface area (Å²) in [6.45, 7) is -1.27. The van der Waals surface area contributed by atoms with Crippen molar-refractivity contribution in [1.82, 2.24) is 9.55 Å². The first-order valence-electron chi connectivity index (χ1n) is 5.45. The van der Waals surface area contributed by atoms with Crippen molar-refractivity contribution >= 4 is 18.0 Å². The summed E-state index contributed by atoms with van der Waals surface area (Å²) in [6.07, 6.45) is 2.08. The van der Waals surface area contributed by atoms with Gasteiger partial charge in [-0.3, -0.25) is 4.57 Å². The molecule has 2 heterocycles. The van der Waals surface area contributed by atoms with Crippen LogP contribution in [0.5, 0.6) is 0 Å². The highest BCUT2D eigenvalue weighted by Crippen LogP contribution is 2.47. The third-order valence-electron chi connectivity index (χ3n) is 3.01. The van der Waals surface area contributed by atoms with Crippen molar-refractivity contribution in [2.24, 2.45) is 0 Å². The number of nitrogens with zero attached hydrogens (tertiary/aromatic N) is 2. The Morgan fingerprint density at radius 2 is 2.30 bits per heavy atom. The molecule has 1 aromatic rings. The Labute approximate surface area is 117 Å². The van der Waals surface area contributed by atoms with E-state index in [9.17, 15) is 13.9 Å². The van der Waals surface area contributed by atoms with Gasteiger partial charge in [-0.2, -0.15) is 0 Å². The number of hydrogen-bond donors (Lipinski definition) is 3. The van der Waals surface area contributed by atoms with E-state index in [1.54, 1.807) is 5.92 Å². The molecule has 0 radical (unpaired) electrons. The van der Waals surface area contributed by atoms with Crippen LogP contribution >= 0.6 is 12.2 Å². The maximum absolute atomic E-state index is 14.7. The SMILES string of the molecule is C#C[C@@]1(F)C(O)[C@@](F)(CO)O[C@H]1n1ccc(N)nc1=S. The third kappa shape index (κ3) is 1.97. The fourth-order valence-corrected chi connectivity index (χ4v) is 2.18. The van der Waals surface area contributed by atoms with E-state index in [4.69, 9.17) is 34.2 Å². The molecule has 1 aliphatic heterocycles. The molecule has 0 bridgehead atoms. The number of nitrogen functional groups attached to an aromatic ring is 1. The average Bonchev–Trinajstić information content (AvgIpc) is 2.62. The molecule has 6 nitrogen and oxygen atoms in total. The standard InChI is InChI=1S/C11H11F2N3O3S/c1-2-10(12)7(18)11(13,5-17)19-8(10)16-4-3-6(14)15-9(16)20/h1,3-4,7-8,17-18H,5H2,(H2,14,15,20)/t7?,8-,10-,11-/m1/s1. The topological polar surface area (TPSA) is 93.5 Å². The number of aliphatic hydroxyl groups is 2. The van der Waals surface area contributed by atoms with E-state index in [-0.39, 0.29) is 10.6 Å². The summed E-state index contributed by atoms with van der Waals surface area (Å²) < 4.78 is 34.2. The van der Waals surface area contributed by atoms with E-state index in [2.05, 4.69) is 4.98 Å². The zero-order valence-electron chi connectivity index (χ0n) is 10.0. The summed E-state index contributed by atoms with van der Waals surface area (Å²) in [4.78, 5) is 3.69. The number of terminal acetylenes is 1. The minimum atomic E-state index is -3.04. The predicted molar refractivity (Wildman–Crippen MR) is 67.2 cm³/mol. The van der Waals surface area contributed by atoms with Crippen molar-refractivity contribution in [3.63, 3.8) is 0 Å². The maximum atomic E-state index is 14.7. The van der Waals surface area contributed by atoms with E-state index in [1.807, 2.05) is 0 Å². The zero-order chi connectivity index (χ0) is 15.1. The summed E-state index contributed by atoms with van der Waals surface area (Å²) in [5.41, 5.74) is 2.48. The number of aromatic nitrogens is 2. The van der Waals surface area contributed by atoms with Gasteiger partial charge in [0, 0.05) is 6.20 Å². The van der Waals surface area contributed by atoms with Crippen molar-refractivity contribution in [3.8, 4) is 12.3 Å². The Hall–Kier alpha value is -1.60. The van der Waals surface area contributed by atoms with Crippen molar-refractivity contribution in [2.45, 2.75) is 23.9 Å². The summed E-state index contributed by atoms with van der Waals surface area (Å²) in [5.74, 6) is -1.32. The van der Waals surface area contributed by atoms with Gasteiger partial charge in [-0.15, -0.1) is 6.42 Å². The second-order valence-corrected chi connectivity index (χ2v) is 4.64. The molecule has 1 saturated heterocycles. The molecule has 0 aliphatic carbocycles. The van der Waals surface area contributed by atoms with Gasteiger partial charge in [0.05, 0.1) is 0 Å². The van der Waals surface area contributed by atoms with Gasteiger partial charge in [0.2, 0.25) is 10.4 Å². The summed E-state index contributed by atoms with van der Waals surface area (Å²) in [5, 5.41) is 18.6. The Morgan fingerprint density at radius 1 is 1.65 bits per heavy atom. The maximum Gasteiger partial charge on any atom is 0.264 e. The second-order valence-electron chi connectivity index (χ2n) is 4.27. The molecule has 20 heavy (non-hydrogen) atoms. The van der Waals surface area contributed by atoms with Gasteiger partial charge in [-0.05, 0) is 18.3 Å². The van der Waals surface area contributed by atoms with Crippen LogP contribution in [0.2, 0.25) is 0 Å². The molecule has 0 spiro atoms. The van der Waals surface area contributed by atoms with E-state index < -0.39 is 30.5 Å². The van der Waals surface area contributed by atoms with Crippen LogP contribution in [0.15, 0.2) is 12.3 Å². The van der Waals surface area contributed by atoms with Crippen LogP contribution in [-0.4, -0.2) is 44.0 Å². The monoisotopic (exact) mass is 303 g/mol. The van der Waals surface area contributed by atoms with Gasteiger partial charge in [0.25, 0.3) is 5.85 Å². The van der Waals surface area contributed by atoms with Crippen LogP contribution in [0.4, 0.5) is 14.6 Å². The lowest BCUT2D eigenvalue weighted by Gasteiger charge is -2.24. The number of aliphatic hydroxyl groups excluding tert-OH is 2. The van der Waals surface area contributed by atoms with E-state index >= 15 is 0 Å². The van der Waals surface area contributed by atoms with Crippen LogP contribution in [0, 0.1) is 17.1 Å². The molecule has 1 aromatic heterocycles. The molecule has 0 saturated carbocycles. The highest BCUT2D eigenvalue weighted by molar-refractivity contribution is 7.71. The Morgan fingerprint density at radius 3 is 2.80 bits per heavy atom. The van der Waals surface area contributed by atoms with Gasteiger partial charge in [-0.25, -0.2) is 13.8 Å². The average molecular weight is 303 g/mol. The largest absolute Gasteiger partial charge is 0.390 e. The van der Waals surface area contributed by atoms with Crippen molar-refractivity contribution < 1.29 is 23.7 Å². The minimum absolute atomic E-state index is 0.0728. The van der Waals surface area contributed by atoms with Gasteiger partial charge >= 0.3 is 0 Å². The van der Waals surface area contributed by atoms with E-state index in [0.29, 0.717) is 0 Å². The number of hydrogen-bond acceptors (Lipinski definition) is 6. The van der Waals surface area contributed by atoms with Crippen molar-refractivity contribution in [3.05, 3.63) is 17.0 Å². The number of halogens is 2. The highest BCUT2D eigenvalue weighted by Gasteiger charge is 2.66. The molecule has 4 N–H and O–H groups in total. The van der Waals surface area contributed by atoms with Crippen LogP contribution in [-0.2, 0) is 4.74 Å². The molecule has 1 fully saturated rings. The summed E-state index contributed by atoms with van der Waals surface area (Å²) in [6, 6.07) is 1.28. The number of nitrogens with two attached hydrogens (primary N) is 1. The van der Waals surface area contributed by atoms with Crippen LogP contribution in [0.3, 0.4) is 0 Å². The fourth-order valence-electron chi connectivity index (χ4n) is 1.92. The summed E-state index contributed by atoms with van der Waals surface area (Å²) in [7, 11) is 0. The second kappa shape index (κ2) is 4.75.